The molecule has 0 unspecified atom stereocenters. The van der Waals surface area contributed by atoms with E-state index in [0.717, 1.165) is 41.4 Å². The first-order valence-electron chi connectivity index (χ1n) is 9.08. The predicted molar refractivity (Wildman–Crippen MR) is 119 cm³/mol. The molecule has 3 aliphatic heterocycles. The number of hydrogen-bond acceptors (Lipinski definition) is 5. The van der Waals surface area contributed by atoms with E-state index in [1.165, 1.54) is 0 Å². The molecular formula is C21H13Br2N3O2S. The van der Waals surface area contributed by atoms with Crippen molar-refractivity contribution in [2.24, 2.45) is 5.10 Å². The van der Waals surface area contributed by atoms with Crippen LogP contribution in [0.2, 0.25) is 0 Å². The van der Waals surface area contributed by atoms with E-state index in [-0.39, 0.29) is 11.9 Å². The number of thiophene rings is 1. The zero-order chi connectivity index (χ0) is 19.8. The fourth-order valence-corrected chi connectivity index (χ4v) is 6.02. The Balaban J connectivity index is 1.59. The first-order valence-corrected chi connectivity index (χ1v) is 11.5. The number of rotatable bonds is 1. The number of benzene rings is 2. The van der Waals surface area contributed by atoms with Crippen LogP contribution in [0.5, 0.6) is 5.75 Å². The number of nitrogens with zero attached hydrogens (tertiary/aromatic N) is 2. The van der Waals surface area contributed by atoms with Crippen LogP contribution in [0.3, 0.4) is 0 Å². The summed E-state index contributed by atoms with van der Waals surface area (Å²) in [6.07, 6.45) is 0.714. The minimum absolute atomic E-state index is 0.0773. The summed E-state index contributed by atoms with van der Waals surface area (Å²) in [5.74, 6) is 0.503. The van der Waals surface area contributed by atoms with E-state index in [1.54, 1.807) is 11.3 Å². The highest BCUT2D eigenvalue weighted by atomic mass is 79.9. The molecule has 0 saturated heterocycles. The fraction of sp³-hybridized carbons (Fsp3) is 0.143. The zero-order valence-electron chi connectivity index (χ0n) is 14.9. The van der Waals surface area contributed by atoms with Crippen molar-refractivity contribution in [1.82, 2.24) is 5.01 Å². The topological polar surface area (TPSA) is 53.9 Å². The van der Waals surface area contributed by atoms with Crippen molar-refractivity contribution in [3.8, 4) is 5.75 Å². The predicted octanol–water partition coefficient (Wildman–Crippen LogP) is 5.62. The third kappa shape index (κ3) is 2.42. The van der Waals surface area contributed by atoms with E-state index in [0.29, 0.717) is 6.42 Å². The number of hydrazone groups is 1. The number of nitrogens with one attached hydrogen (secondary N) is 1. The molecule has 29 heavy (non-hydrogen) atoms. The monoisotopic (exact) mass is 529 g/mol. The van der Waals surface area contributed by atoms with E-state index in [1.807, 2.05) is 47.5 Å². The first kappa shape index (κ1) is 17.7. The molecule has 0 fully saturated rings. The van der Waals surface area contributed by atoms with Crippen molar-refractivity contribution in [3.63, 3.8) is 0 Å². The van der Waals surface area contributed by atoms with E-state index in [9.17, 15) is 4.79 Å². The third-order valence-corrected chi connectivity index (χ3v) is 7.69. The average molecular weight is 531 g/mol. The van der Waals surface area contributed by atoms with E-state index in [2.05, 4.69) is 49.3 Å². The van der Waals surface area contributed by atoms with Gasteiger partial charge in [0.2, 0.25) is 0 Å². The third-order valence-electron chi connectivity index (χ3n) is 5.53. The molecule has 4 heterocycles. The number of hydrogen-bond donors (Lipinski definition) is 1. The lowest BCUT2D eigenvalue weighted by molar-refractivity contribution is -0.161. The molecule has 1 amide bonds. The van der Waals surface area contributed by atoms with Gasteiger partial charge in [0.15, 0.2) is 0 Å². The Bertz CT molecular complexity index is 1220. The molecule has 2 aromatic carbocycles. The van der Waals surface area contributed by atoms with Gasteiger partial charge in [-0.05, 0) is 52.3 Å². The van der Waals surface area contributed by atoms with Crippen LogP contribution >= 0.6 is 43.2 Å². The average Bonchev–Trinajstić information content (AvgIpc) is 3.40. The molecule has 1 aromatic heterocycles. The second kappa shape index (κ2) is 6.17. The maximum absolute atomic E-state index is 13.4. The van der Waals surface area contributed by atoms with Crippen molar-refractivity contribution in [1.29, 1.82) is 0 Å². The summed E-state index contributed by atoms with van der Waals surface area (Å²) < 4.78 is 8.40. The van der Waals surface area contributed by atoms with Crippen molar-refractivity contribution in [2.75, 3.05) is 5.32 Å². The molecule has 3 aliphatic rings. The van der Waals surface area contributed by atoms with Crippen LogP contribution in [0.25, 0.3) is 0 Å². The second-order valence-corrected chi connectivity index (χ2v) is 10.5. The van der Waals surface area contributed by atoms with Gasteiger partial charge in [0.1, 0.15) is 5.75 Å². The number of amides is 1. The maximum atomic E-state index is 13.4. The molecular weight excluding hydrogens is 518 g/mol. The summed E-state index contributed by atoms with van der Waals surface area (Å²) in [7, 11) is 0. The Hall–Kier alpha value is -2.16. The standard InChI is InChI=1S/C21H13Br2N3O2S/c22-11-5-6-14-13(9-11)21(20(27)24-14)26-16(12-3-1-2-4-17(12)28-21)10-15(25-26)18-7-8-19(23)29-18/h1-9,16H,10H2,(H,24,27)/t16-,21-/m1/s1. The van der Waals surface area contributed by atoms with Crippen LogP contribution in [-0.4, -0.2) is 16.6 Å². The fourth-order valence-electron chi connectivity index (χ4n) is 4.28. The quantitative estimate of drug-likeness (QED) is 0.444. The van der Waals surface area contributed by atoms with E-state index in [4.69, 9.17) is 9.84 Å². The largest absolute Gasteiger partial charge is 0.453 e. The van der Waals surface area contributed by atoms with Crippen molar-refractivity contribution in [2.45, 2.75) is 18.2 Å². The van der Waals surface area contributed by atoms with Crippen molar-refractivity contribution < 1.29 is 9.53 Å². The number of anilines is 1. The van der Waals surface area contributed by atoms with Gasteiger partial charge in [-0.1, -0.05) is 34.1 Å². The van der Waals surface area contributed by atoms with Crippen LogP contribution < -0.4 is 10.1 Å². The van der Waals surface area contributed by atoms with Crippen molar-refractivity contribution in [3.05, 3.63) is 78.9 Å². The number of carbonyl (C=O) groups excluding carboxylic acids is 1. The molecule has 0 aliphatic carbocycles. The Morgan fingerprint density at radius 1 is 1.17 bits per heavy atom. The normalized spacial score (nSPS) is 23.9. The highest BCUT2D eigenvalue weighted by molar-refractivity contribution is 9.11. The Kier molecular flexibility index (Phi) is 3.76. The van der Waals surface area contributed by atoms with Gasteiger partial charge in [-0.15, -0.1) is 11.3 Å². The van der Waals surface area contributed by atoms with Crippen LogP contribution in [0.4, 0.5) is 5.69 Å². The van der Waals surface area contributed by atoms with Gasteiger partial charge in [0.05, 0.1) is 31.7 Å². The second-order valence-electron chi connectivity index (χ2n) is 7.14. The lowest BCUT2D eigenvalue weighted by Gasteiger charge is -2.44. The maximum Gasteiger partial charge on any atom is 0.306 e. The van der Waals surface area contributed by atoms with Gasteiger partial charge in [-0.25, -0.2) is 5.01 Å². The number of ether oxygens (including phenoxy) is 1. The molecule has 5 nitrogen and oxygen atoms in total. The van der Waals surface area contributed by atoms with Crippen LogP contribution in [0.15, 0.2) is 68.0 Å². The van der Waals surface area contributed by atoms with Gasteiger partial charge in [0.25, 0.3) is 5.91 Å². The molecule has 0 radical (unpaired) electrons. The molecule has 2 atom stereocenters. The molecule has 1 spiro atoms. The zero-order valence-corrected chi connectivity index (χ0v) is 18.8. The number of fused-ring (bicyclic) bond motifs is 6. The van der Waals surface area contributed by atoms with Crippen LogP contribution in [0.1, 0.15) is 28.5 Å². The summed E-state index contributed by atoms with van der Waals surface area (Å²) in [6, 6.07) is 17.7. The summed E-state index contributed by atoms with van der Waals surface area (Å²) in [5.41, 5.74) is 2.20. The van der Waals surface area contributed by atoms with Gasteiger partial charge < -0.3 is 10.1 Å². The summed E-state index contributed by atoms with van der Waals surface area (Å²) >= 11 is 8.72. The Morgan fingerprint density at radius 2 is 2.03 bits per heavy atom. The minimum atomic E-state index is -1.33. The molecule has 0 bridgehead atoms. The lowest BCUT2D eigenvalue weighted by Crippen LogP contribution is -2.55. The highest BCUT2D eigenvalue weighted by Gasteiger charge is 2.60. The first-order chi connectivity index (χ1) is 14.1. The smallest absolute Gasteiger partial charge is 0.306 e. The van der Waals surface area contributed by atoms with Gasteiger partial charge >= 0.3 is 5.72 Å². The summed E-state index contributed by atoms with van der Waals surface area (Å²) in [4.78, 5) is 14.4. The molecule has 6 rings (SSSR count). The SMILES string of the molecule is O=C1Nc2ccc(Br)cc2[C@@]12Oc1ccccc1[C@H]1CC(c3ccc(Br)s3)=NN12. The number of para-hydroxylation sites is 1. The minimum Gasteiger partial charge on any atom is -0.453 e. The number of halogens is 2. The van der Waals surface area contributed by atoms with E-state index >= 15 is 0 Å². The molecule has 1 N–H and O–H groups in total. The molecule has 8 heteroatoms. The molecule has 3 aromatic rings. The lowest BCUT2D eigenvalue weighted by atomic mass is 9.93. The Morgan fingerprint density at radius 3 is 2.86 bits per heavy atom. The van der Waals surface area contributed by atoms with Gasteiger partial charge in [-0.2, -0.15) is 5.10 Å². The van der Waals surface area contributed by atoms with Crippen LogP contribution in [0, 0.1) is 0 Å². The summed E-state index contributed by atoms with van der Waals surface area (Å²) in [5, 5.41) is 9.78. The van der Waals surface area contributed by atoms with Gasteiger partial charge in [0, 0.05) is 16.5 Å². The number of carbonyl (C=O) groups is 1. The van der Waals surface area contributed by atoms with E-state index < -0.39 is 5.72 Å². The molecule has 144 valence electrons. The highest BCUT2D eigenvalue weighted by Crippen LogP contribution is 2.54. The van der Waals surface area contributed by atoms with Crippen molar-refractivity contribution >= 4 is 60.5 Å². The Labute approximate surface area is 187 Å². The molecule has 0 saturated carbocycles. The van der Waals surface area contributed by atoms with Crippen LogP contribution in [-0.2, 0) is 10.5 Å². The summed E-state index contributed by atoms with van der Waals surface area (Å²) in [6.45, 7) is 0. The van der Waals surface area contributed by atoms with Gasteiger partial charge in [-0.3, -0.25) is 4.79 Å².